The van der Waals surface area contributed by atoms with Crippen LogP contribution in [0.1, 0.15) is 11.1 Å². The van der Waals surface area contributed by atoms with E-state index in [-0.39, 0.29) is 19.8 Å². The molecule has 0 saturated carbocycles. The Morgan fingerprint density at radius 1 is 0.875 bits per heavy atom. The summed E-state index contributed by atoms with van der Waals surface area (Å²) in [4.78, 5) is 23.8. The highest BCUT2D eigenvalue weighted by atomic mass is 16.6. The summed E-state index contributed by atoms with van der Waals surface area (Å²) in [7, 11) is 0. The Morgan fingerprint density at radius 2 is 1.38 bits per heavy atom. The predicted molar refractivity (Wildman–Crippen MR) is 88.8 cm³/mol. The maximum atomic E-state index is 12.0. The van der Waals surface area contributed by atoms with Crippen molar-refractivity contribution in [2.75, 3.05) is 6.54 Å². The fraction of sp³-hybridized carbons (Fsp3) is 0.222. The fourth-order valence-corrected chi connectivity index (χ4v) is 1.95. The van der Waals surface area contributed by atoms with Crippen LogP contribution in [0.15, 0.2) is 60.7 Å². The smallest absolute Gasteiger partial charge is 0.408 e. The second-order valence-electron chi connectivity index (χ2n) is 5.09. The molecular weight excluding hydrogens is 308 g/mol. The Balaban J connectivity index is 1.77. The summed E-state index contributed by atoms with van der Waals surface area (Å²) < 4.78 is 10.2. The summed E-state index contributed by atoms with van der Waals surface area (Å²) in [5, 5.41) is 2.41. The van der Waals surface area contributed by atoms with E-state index in [0.29, 0.717) is 0 Å². The van der Waals surface area contributed by atoms with Gasteiger partial charge in [-0.1, -0.05) is 60.7 Å². The quantitative estimate of drug-likeness (QED) is 0.759. The number of rotatable bonds is 7. The van der Waals surface area contributed by atoms with Gasteiger partial charge in [0.25, 0.3) is 0 Å². The number of amides is 1. The Hall–Kier alpha value is -2.86. The van der Waals surface area contributed by atoms with E-state index >= 15 is 0 Å². The highest BCUT2D eigenvalue weighted by Gasteiger charge is 2.21. The first kappa shape index (κ1) is 17.5. The lowest BCUT2D eigenvalue weighted by molar-refractivity contribution is -0.147. The molecule has 0 fully saturated rings. The lowest BCUT2D eigenvalue weighted by Gasteiger charge is -2.16. The van der Waals surface area contributed by atoms with Crippen LogP contribution >= 0.6 is 0 Å². The summed E-state index contributed by atoms with van der Waals surface area (Å²) >= 11 is 0. The molecule has 126 valence electrons. The van der Waals surface area contributed by atoms with Crippen LogP contribution in [-0.2, 0) is 27.5 Å². The van der Waals surface area contributed by atoms with Gasteiger partial charge < -0.3 is 20.5 Å². The van der Waals surface area contributed by atoms with Crippen LogP contribution in [-0.4, -0.2) is 24.6 Å². The average molecular weight is 328 g/mol. The molecule has 6 heteroatoms. The zero-order valence-corrected chi connectivity index (χ0v) is 13.2. The summed E-state index contributed by atoms with van der Waals surface area (Å²) in [5.41, 5.74) is 7.23. The molecule has 0 saturated heterocycles. The number of alkyl carbamates (subject to hydrolysis) is 1. The summed E-state index contributed by atoms with van der Waals surface area (Å²) in [5.74, 6) is -0.599. The van der Waals surface area contributed by atoms with Gasteiger partial charge in [-0.15, -0.1) is 0 Å². The minimum Gasteiger partial charge on any atom is -0.459 e. The van der Waals surface area contributed by atoms with Gasteiger partial charge in [-0.2, -0.15) is 0 Å². The summed E-state index contributed by atoms with van der Waals surface area (Å²) in [6.45, 7) is 0.161. The molecule has 0 heterocycles. The van der Waals surface area contributed by atoms with Gasteiger partial charge in [-0.25, -0.2) is 9.59 Å². The van der Waals surface area contributed by atoms with E-state index < -0.39 is 18.1 Å². The van der Waals surface area contributed by atoms with E-state index in [1.807, 2.05) is 60.7 Å². The molecule has 0 aromatic heterocycles. The molecule has 2 rings (SSSR count). The number of nitrogens with two attached hydrogens (primary N) is 1. The Kier molecular flexibility index (Phi) is 6.79. The van der Waals surface area contributed by atoms with E-state index in [2.05, 4.69) is 5.32 Å². The minimum atomic E-state index is -0.947. The predicted octanol–water partition coefficient (Wildman–Crippen LogP) is 1.98. The molecule has 2 aromatic carbocycles. The van der Waals surface area contributed by atoms with Crippen LogP contribution in [0.4, 0.5) is 4.79 Å². The first-order valence-electron chi connectivity index (χ1n) is 7.57. The van der Waals surface area contributed by atoms with Crippen LogP contribution in [0.2, 0.25) is 0 Å². The molecule has 0 aliphatic carbocycles. The molecule has 0 aliphatic heterocycles. The second kappa shape index (κ2) is 9.32. The van der Waals surface area contributed by atoms with Crippen LogP contribution in [0.5, 0.6) is 0 Å². The van der Waals surface area contributed by atoms with Gasteiger partial charge in [0.1, 0.15) is 19.3 Å². The van der Waals surface area contributed by atoms with Gasteiger partial charge in [0, 0.05) is 6.54 Å². The van der Waals surface area contributed by atoms with Crippen LogP contribution in [0.25, 0.3) is 0 Å². The lowest BCUT2D eigenvalue weighted by atomic mass is 10.2. The first-order chi connectivity index (χ1) is 11.7. The maximum absolute atomic E-state index is 12.0. The number of esters is 1. The molecule has 0 aliphatic rings. The van der Waals surface area contributed by atoms with Gasteiger partial charge >= 0.3 is 12.1 Å². The highest BCUT2D eigenvalue weighted by Crippen LogP contribution is 2.03. The second-order valence-corrected chi connectivity index (χ2v) is 5.09. The molecule has 0 unspecified atom stereocenters. The van der Waals surface area contributed by atoms with Gasteiger partial charge in [0.15, 0.2) is 0 Å². The zero-order chi connectivity index (χ0) is 17.2. The van der Waals surface area contributed by atoms with Crippen LogP contribution in [0, 0.1) is 0 Å². The largest absolute Gasteiger partial charge is 0.459 e. The van der Waals surface area contributed by atoms with Crippen molar-refractivity contribution in [3.05, 3.63) is 71.8 Å². The van der Waals surface area contributed by atoms with Crippen molar-refractivity contribution >= 4 is 12.1 Å². The Morgan fingerprint density at radius 3 is 1.88 bits per heavy atom. The van der Waals surface area contributed by atoms with Crippen molar-refractivity contribution in [2.24, 2.45) is 5.73 Å². The third-order valence-electron chi connectivity index (χ3n) is 3.25. The number of benzene rings is 2. The van der Waals surface area contributed by atoms with Gasteiger partial charge in [0.2, 0.25) is 0 Å². The molecule has 6 nitrogen and oxygen atoms in total. The first-order valence-corrected chi connectivity index (χ1v) is 7.57. The van der Waals surface area contributed by atoms with Crippen molar-refractivity contribution in [2.45, 2.75) is 19.3 Å². The van der Waals surface area contributed by atoms with Crippen molar-refractivity contribution in [1.82, 2.24) is 5.32 Å². The van der Waals surface area contributed by atoms with Crippen LogP contribution < -0.4 is 11.1 Å². The molecule has 3 N–H and O–H groups in total. The number of hydrogen-bond acceptors (Lipinski definition) is 5. The van der Waals surface area contributed by atoms with Crippen molar-refractivity contribution in [3.8, 4) is 0 Å². The molecule has 1 amide bonds. The molecule has 0 radical (unpaired) electrons. The van der Waals surface area contributed by atoms with Crippen LogP contribution in [0.3, 0.4) is 0 Å². The topological polar surface area (TPSA) is 90.6 Å². The number of nitrogens with one attached hydrogen (secondary N) is 1. The lowest BCUT2D eigenvalue weighted by Crippen LogP contribution is -2.46. The highest BCUT2D eigenvalue weighted by molar-refractivity contribution is 5.81. The third kappa shape index (κ3) is 5.73. The maximum Gasteiger partial charge on any atom is 0.408 e. The van der Waals surface area contributed by atoms with Gasteiger partial charge in [-0.05, 0) is 11.1 Å². The Bertz CT molecular complexity index is 647. The summed E-state index contributed by atoms with van der Waals surface area (Å²) in [6, 6.07) is 17.5. The fourth-order valence-electron chi connectivity index (χ4n) is 1.95. The SMILES string of the molecule is NC[C@H](NC(=O)OCc1ccccc1)C(=O)OCc1ccccc1. The van der Waals surface area contributed by atoms with E-state index in [9.17, 15) is 9.59 Å². The van der Waals surface area contributed by atoms with Gasteiger partial charge in [0.05, 0.1) is 0 Å². The van der Waals surface area contributed by atoms with E-state index in [1.54, 1.807) is 0 Å². The number of carbonyl (C=O) groups excluding carboxylic acids is 2. The molecule has 24 heavy (non-hydrogen) atoms. The molecule has 1 atom stereocenters. The van der Waals surface area contributed by atoms with Crippen molar-refractivity contribution in [3.63, 3.8) is 0 Å². The van der Waals surface area contributed by atoms with Crippen molar-refractivity contribution < 1.29 is 19.1 Å². The van der Waals surface area contributed by atoms with E-state index in [4.69, 9.17) is 15.2 Å². The van der Waals surface area contributed by atoms with Gasteiger partial charge in [-0.3, -0.25) is 0 Å². The monoisotopic (exact) mass is 328 g/mol. The number of carbonyl (C=O) groups is 2. The van der Waals surface area contributed by atoms with E-state index in [0.717, 1.165) is 11.1 Å². The molecule has 0 bridgehead atoms. The molecular formula is C18H20N2O4. The molecule has 0 spiro atoms. The normalized spacial score (nSPS) is 11.4. The number of hydrogen-bond donors (Lipinski definition) is 2. The molecule has 2 aromatic rings. The van der Waals surface area contributed by atoms with E-state index in [1.165, 1.54) is 0 Å². The Labute approximate surface area is 140 Å². The number of ether oxygens (including phenoxy) is 2. The standard InChI is InChI=1S/C18H20N2O4/c19-11-16(17(21)23-12-14-7-3-1-4-8-14)20-18(22)24-13-15-9-5-2-6-10-15/h1-10,16H,11-13,19H2,(H,20,22)/t16-/m0/s1. The minimum absolute atomic E-state index is 0.0753. The average Bonchev–Trinajstić information content (AvgIpc) is 2.64. The zero-order valence-electron chi connectivity index (χ0n) is 13.2. The summed E-state index contributed by atoms with van der Waals surface area (Å²) in [6.07, 6.45) is -0.717. The third-order valence-corrected chi connectivity index (χ3v) is 3.25. The van der Waals surface area contributed by atoms with Crippen molar-refractivity contribution in [1.29, 1.82) is 0 Å².